The first-order valence-corrected chi connectivity index (χ1v) is 23.9. The van der Waals surface area contributed by atoms with Crippen LogP contribution in [-0.2, 0) is 28.6 Å². The van der Waals surface area contributed by atoms with Crippen molar-refractivity contribution in [3.05, 3.63) is 0 Å². The van der Waals surface area contributed by atoms with Crippen LogP contribution in [0.5, 0.6) is 0 Å². The lowest BCUT2D eigenvalue weighted by atomic mass is 10.0. The van der Waals surface area contributed by atoms with Crippen molar-refractivity contribution < 1.29 is 28.6 Å². The standard InChI is InChI=1S/C47H90N2O6/c1-4-7-10-13-16-17-18-23-31-38-53-45(50)35-29-25-30-37-49-41-42(48)40-44(49)47(52)54-39-32-24-19-22-28-36-46(51)55-43(33-26-20-14-11-8-5-2)34-27-21-15-12-9-6-3/h42-44H,4-41,48H2,1-3H3/t42-,44+/m1/s1. The summed E-state index contributed by atoms with van der Waals surface area (Å²) in [6.07, 6.45) is 37.5. The minimum atomic E-state index is -0.270. The maximum absolute atomic E-state index is 12.9. The van der Waals surface area contributed by atoms with Crippen molar-refractivity contribution in [3.63, 3.8) is 0 Å². The Morgan fingerprint density at radius 1 is 0.527 bits per heavy atom. The third-order valence-corrected chi connectivity index (χ3v) is 11.4. The summed E-state index contributed by atoms with van der Waals surface area (Å²) >= 11 is 0. The van der Waals surface area contributed by atoms with Crippen LogP contribution in [0.3, 0.4) is 0 Å². The predicted molar refractivity (Wildman–Crippen MR) is 229 cm³/mol. The van der Waals surface area contributed by atoms with Crippen LogP contribution in [0.4, 0.5) is 0 Å². The van der Waals surface area contributed by atoms with Gasteiger partial charge < -0.3 is 19.9 Å². The van der Waals surface area contributed by atoms with E-state index in [0.29, 0.717) is 39.0 Å². The van der Waals surface area contributed by atoms with Gasteiger partial charge in [0.05, 0.1) is 13.2 Å². The van der Waals surface area contributed by atoms with Crippen LogP contribution in [0, 0.1) is 0 Å². The van der Waals surface area contributed by atoms with E-state index in [2.05, 4.69) is 25.7 Å². The Balaban J connectivity index is 2.13. The van der Waals surface area contributed by atoms with Gasteiger partial charge in [0, 0.05) is 25.4 Å². The summed E-state index contributed by atoms with van der Waals surface area (Å²) in [5, 5.41) is 0. The number of nitrogens with two attached hydrogens (primary N) is 1. The smallest absolute Gasteiger partial charge is 0.323 e. The second-order valence-corrected chi connectivity index (χ2v) is 16.8. The van der Waals surface area contributed by atoms with E-state index < -0.39 is 0 Å². The van der Waals surface area contributed by atoms with E-state index in [1.54, 1.807) is 0 Å². The molecule has 1 rings (SSSR count). The number of rotatable bonds is 40. The zero-order valence-corrected chi connectivity index (χ0v) is 36.6. The molecule has 324 valence electrons. The molecular weight excluding hydrogens is 689 g/mol. The first-order chi connectivity index (χ1) is 26.9. The largest absolute Gasteiger partial charge is 0.466 e. The van der Waals surface area contributed by atoms with Crippen molar-refractivity contribution in [2.24, 2.45) is 5.73 Å². The van der Waals surface area contributed by atoms with Gasteiger partial charge in [0.15, 0.2) is 0 Å². The molecular formula is C47H90N2O6. The van der Waals surface area contributed by atoms with Gasteiger partial charge in [-0.3, -0.25) is 19.3 Å². The first-order valence-electron chi connectivity index (χ1n) is 23.9. The second-order valence-electron chi connectivity index (χ2n) is 16.8. The average Bonchev–Trinajstić information content (AvgIpc) is 3.55. The number of unbranched alkanes of at least 4 members (excludes halogenated alkanes) is 24. The van der Waals surface area contributed by atoms with Crippen molar-refractivity contribution in [2.75, 3.05) is 26.3 Å². The quantitative estimate of drug-likeness (QED) is 0.0372. The average molecular weight is 779 g/mol. The van der Waals surface area contributed by atoms with E-state index in [-0.39, 0.29) is 36.1 Å². The van der Waals surface area contributed by atoms with Gasteiger partial charge in [-0.2, -0.15) is 0 Å². The topological polar surface area (TPSA) is 108 Å². The molecule has 0 saturated carbocycles. The summed E-state index contributed by atoms with van der Waals surface area (Å²) in [7, 11) is 0. The van der Waals surface area contributed by atoms with E-state index in [9.17, 15) is 14.4 Å². The summed E-state index contributed by atoms with van der Waals surface area (Å²) < 4.78 is 17.1. The lowest BCUT2D eigenvalue weighted by molar-refractivity contribution is -0.150. The molecule has 0 amide bonds. The summed E-state index contributed by atoms with van der Waals surface area (Å²) in [6.45, 7) is 9.23. The Labute approximate surface area is 339 Å². The van der Waals surface area contributed by atoms with Crippen molar-refractivity contribution in [3.8, 4) is 0 Å². The summed E-state index contributed by atoms with van der Waals surface area (Å²) in [4.78, 5) is 39.9. The van der Waals surface area contributed by atoms with Crippen LogP contribution in [0.1, 0.15) is 239 Å². The van der Waals surface area contributed by atoms with Gasteiger partial charge in [-0.1, -0.05) is 162 Å². The summed E-state index contributed by atoms with van der Waals surface area (Å²) in [5.74, 6) is -0.280. The Bertz CT molecular complexity index is 885. The Hall–Kier alpha value is -1.67. The molecule has 2 atom stereocenters. The zero-order valence-electron chi connectivity index (χ0n) is 36.6. The molecule has 0 aliphatic carbocycles. The number of esters is 3. The van der Waals surface area contributed by atoms with Gasteiger partial charge in [0.25, 0.3) is 0 Å². The predicted octanol–water partition coefficient (Wildman–Crippen LogP) is 12.3. The zero-order chi connectivity index (χ0) is 40.0. The van der Waals surface area contributed by atoms with Crippen molar-refractivity contribution in [1.29, 1.82) is 0 Å². The highest BCUT2D eigenvalue weighted by molar-refractivity contribution is 5.76. The van der Waals surface area contributed by atoms with E-state index in [0.717, 1.165) is 96.4 Å². The highest BCUT2D eigenvalue weighted by atomic mass is 16.5. The molecule has 1 aliphatic rings. The summed E-state index contributed by atoms with van der Waals surface area (Å²) in [6, 6.07) is -0.282. The molecule has 0 bridgehead atoms. The summed E-state index contributed by atoms with van der Waals surface area (Å²) in [5.41, 5.74) is 6.24. The highest BCUT2D eigenvalue weighted by Gasteiger charge is 2.35. The third-order valence-electron chi connectivity index (χ3n) is 11.4. The van der Waals surface area contributed by atoms with E-state index in [1.807, 2.05) is 0 Å². The molecule has 1 heterocycles. The highest BCUT2D eigenvalue weighted by Crippen LogP contribution is 2.21. The molecule has 2 N–H and O–H groups in total. The van der Waals surface area contributed by atoms with Crippen LogP contribution in [-0.4, -0.2) is 67.3 Å². The van der Waals surface area contributed by atoms with Gasteiger partial charge in [0.1, 0.15) is 12.1 Å². The maximum Gasteiger partial charge on any atom is 0.323 e. The molecule has 8 nitrogen and oxygen atoms in total. The number of nitrogens with zero attached hydrogens (tertiary/aromatic N) is 1. The normalized spacial score (nSPS) is 15.9. The van der Waals surface area contributed by atoms with Gasteiger partial charge in [-0.05, 0) is 70.8 Å². The van der Waals surface area contributed by atoms with Gasteiger partial charge in [-0.15, -0.1) is 0 Å². The van der Waals surface area contributed by atoms with Crippen LogP contribution in [0.25, 0.3) is 0 Å². The molecule has 1 fully saturated rings. The molecule has 0 aromatic heterocycles. The maximum atomic E-state index is 12.9. The minimum absolute atomic E-state index is 0.0124. The molecule has 0 radical (unpaired) electrons. The lowest BCUT2D eigenvalue weighted by Gasteiger charge is -2.22. The van der Waals surface area contributed by atoms with Crippen LogP contribution in [0.15, 0.2) is 0 Å². The third kappa shape index (κ3) is 31.1. The fourth-order valence-corrected chi connectivity index (χ4v) is 7.85. The minimum Gasteiger partial charge on any atom is -0.466 e. The van der Waals surface area contributed by atoms with Crippen molar-refractivity contribution in [2.45, 2.75) is 257 Å². The molecule has 0 spiro atoms. The Kier molecular flexibility index (Phi) is 35.4. The van der Waals surface area contributed by atoms with E-state index in [4.69, 9.17) is 19.9 Å². The number of carbonyl (C=O) groups excluding carboxylic acids is 3. The number of hydrogen-bond donors (Lipinski definition) is 1. The lowest BCUT2D eigenvalue weighted by Crippen LogP contribution is -2.38. The van der Waals surface area contributed by atoms with E-state index >= 15 is 0 Å². The Morgan fingerprint density at radius 3 is 1.47 bits per heavy atom. The Morgan fingerprint density at radius 2 is 0.945 bits per heavy atom. The van der Waals surface area contributed by atoms with Gasteiger partial charge in [0.2, 0.25) is 0 Å². The number of hydrogen-bond acceptors (Lipinski definition) is 8. The molecule has 0 aromatic carbocycles. The van der Waals surface area contributed by atoms with Crippen molar-refractivity contribution in [1.82, 2.24) is 4.90 Å². The second kappa shape index (κ2) is 37.9. The fourth-order valence-electron chi connectivity index (χ4n) is 7.85. The fraction of sp³-hybridized carbons (Fsp3) is 0.936. The van der Waals surface area contributed by atoms with Crippen LogP contribution < -0.4 is 5.73 Å². The van der Waals surface area contributed by atoms with Gasteiger partial charge in [-0.25, -0.2) is 0 Å². The van der Waals surface area contributed by atoms with E-state index in [1.165, 1.54) is 109 Å². The van der Waals surface area contributed by atoms with Crippen molar-refractivity contribution >= 4 is 17.9 Å². The molecule has 1 saturated heterocycles. The number of carbonyl (C=O) groups is 3. The number of likely N-dealkylation sites (tertiary alicyclic amines) is 1. The SMILES string of the molecule is CCCCCCCCCCCOC(=O)CCCCCN1C[C@H](N)C[C@H]1C(=O)OCCCCCCCC(=O)OC(CCCCCCCC)CCCCCCCC. The first kappa shape index (κ1) is 51.3. The molecule has 0 unspecified atom stereocenters. The number of ether oxygens (including phenoxy) is 3. The van der Waals surface area contributed by atoms with Crippen LogP contribution in [0.2, 0.25) is 0 Å². The molecule has 8 heteroatoms. The monoisotopic (exact) mass is 779 g/mol. The van der Waals surface area contributed by atoms with Crippen LogP contribution >= 0.6 is 0 Å². The molecule has 0 aromatic rings. The molecule has 55 heavy (non-hydrogen) atoms. The van der Waals surface area contributed by atoms with Gasteiger partial charge >= 0.3 is 17.9 Å². The molecule has 1 aliphatic heterocycles.